The van der Waals surface area contributed by atoms with Gasteiger partial charge in [0.1, 0.15) is 18.6 Å². The Kier molecular flexibility index (Phi) is 5.12. The lowest BCUT2D eigenvalue weighted by Crippen LogP contribution is -1.95. The van der Waals surface area contributed by atoms with Crippen molar-refractivity contribution in [2.45, 2.75) is 27.0 Å². The Balaban J connectivity index is 1.53. The third-order valence-corrected chi connectivity index (χ3v) is 3.89. The fraction of sp³-hybridized carbons (Fsp3) is 0.190. The van der Waals surface area contributed by atoms with Gasteiger partial charge in [0.2, 0.25) is 0 Å². The molecule has 0 bridgehead atoms. The SMILES string of the molecule is Cc1ccc(COc2coc(C/N=C\c3ccccc3)c2)cc1C. The van der Waals surface area contributed by atoms with Crippen LogP contribution in [0.25, 0.3) is 0 Å². The zero-order valence-corrected chi connectivity index (χ0v) is 14.0. The van der Waals surface area contributed by atoms with Gasteiger partial charge in [-0.15, -0.1) is 0 Å². The van der Waals surface area contributed by atoms with E-state index in [9.17, 15) is 0 Å². The summed E-state index contributed by atoms with van der Waals surface area (Å²) in [5.74, 6) is 1.52. The lowest BCUT2D eigenvalue weighted by molar-refractivity contribution is 0.302. The van der Waals surface area contributed by atoms with Crippen molar-refractivity contribution in [3.05, 3.63) is 88.9 Å². The number of furan rings is 1. The van der Waals surface area contributed by atoms with Gasteiger partial charge >= 0.3 is 0 Å². The summed E-state index contributed by atoms with van der Waals surface area (Å²) in [5, 5.41) is 0. The Hall–Kier alpha value is -2.81. The second kappa shape index (κ2) is 7.64. The molecule has 0 atom stereocenters. The summed E-state index contributed by atoms with van der Waals surface area (Å²) in [7, 11) is 0. The minimum Gasteiger partial charge on any atom is -0.486 e. The summed E-state index contributed by atoms with van der Waals surface area (Å²) in [4.78, 5) is 4.39. The molecule has 3 nitrogen and oxygen atoms in total. The number of hydrogen-bond acceptors (Lipinski definition) is 3. The fourth-order valence-corrected chi connectivity index (χ4v) is 2.36. The topological polar surface area (TPSA) is 34.7 Å². The highest BCUT2D eigenvalue weighted by Crippen LogP contribution is 2.19. The molecule has 0 saturated heterocycles. The third kappa shape index (κ3) is 4.35. The molecule has 0 radical (unpaired) electrons. The molecular weight excluding hydrogens is 298 g/mol. The van der Waals surface area contributed by atoms with Crippen LogP contribution in [-0.4, -0.2) is 6.21 Å². The van der Waals surface area contributed by atoms with Crippen molar-refractivity contribution >= 4 is 6.21 Å². The van der Waals surface area contributed by atoms with E-state index in [0.29, 0.717) is 13.2 Å². The standard InChI is InChI=1S/C21H21NO2/c1-16-8-9-19(10-17(16)2)14-23-21-11-20(24-15-21)13-22-12-18-6-4-3-5-7-18/h3-12,15H,13-14H2,1-2H3/b22-12-. The first-order valence-electron chi connectivity index (χ1n) is 8.02. The van der Waals surface area contributed by atoms with Crippen molar-refractivity contribution in [1.82, 2.24) is 0 Å². The van der Waals surface area contributed by atoms with Gasteiger partial charge in [-0.25, -0.2) is 0 Å². The van der Waals surface area contributed by atoms with Crippen molar-refractivity contribution in [1.29, 1.82) is 0 Å². The Labute approximate surface area is 142 Å². The van der Waals surface area contributed by atoms with E-state index < -0.39 is 0 Å². The van der Waals surface area contributed by atoms with Crippen LogP contribution in [0.3, 0.4) is 0 Å². The minimum absolute atomic E-state index is 0.502. The van der Waals surface area contributed by atoms with Crippen LogP contribution in [0.1, 0.15) is 28.0 Å². The highest BCUT2D eigenvalue weighted by molar-refractivity contribution is 5.79. The summed E-state index contributed by atoms with van der Waals surface area (Å²) in [5.41, 5.74) is 4.80. The van der Waals surface area contributed by atoms with E-state index >= 15 is 0 Å². The Morgan fingerprint density at radius 1 is 1.00 bits per heavy atom. The molecule has 0 unspecified atom stereocenters. The average molecular weight is 319 g/mol. The molecule has 0 spiro atoms. The molecule has 0 N–H and O–H groups in total. The molecule has 0 aliphatic heterocycles. The van der Waals surface area contributed by atoms with Crippen molar-refractivity contribution in [3.63, 3.8) is 0 Å². The summed E-state index contributed by atoms with van der Waals surface area (Å²) < 4.78 is 11.3. The second-order valence-electron chi connectivity index (χ2n) is 5.84. The van der Waals surface area contributed by atoms with Crippen molar-refractivity contribution in [3.8, 4) is 5.75 Å². The summed E-state index contributed by atoms with van der Waals surface area (Å²) in [6.07, 6.45) is 3.48. The van der Waals surface area contributed by atoms with E-state index in [-0.39, 0.29) is 0 Å². The van der Waals surface area contributed by atoms with E-state index in [1.165, 1.54) is 11.1 Å². The molecule has 1 aromatic heterocycles. The lowest BCUT2D eigenvalue weighted by Gasteiger charge is -2.06. The van der Waals surface area contributed by atoms with E-state index in [2.05, 4.69) is 37.0 Å². The number of aryl methyl sites for hydroxylation is 2. The second-order valence-corrected chi connectivity index (χ2v) is 5.84. The molecule has 0 aliphatic carbocycles. The first-order valence-corrected chi connectivity index (χ1v) is 8.02. The number of aliphatic imine (C=N–C) groups is 1. The molecule has 3 heteroatoms. The zero-order chi connectivity index (χ0) is 16.8. The molecule has 0 fully saturated rings. The predicted octanol–water partition coefficient (Wildman–Crippen LogP) is 5.09. The molecule has 3 rings (SSSR count). The number of nitrogens with zero attached hydrogens (tertiary/aromatic N) is 1. The van der Waals surface area contributed by atoms with Gasteiger partial charge in [-0.2, -0.15) is 0 Å². The maximum Gasteiger partial charge on any atom is 0.158 e. The highest BCUT2D eigenvalue weighted by atomic mass is 16.5. The Morgan fingerprint density at radius 2 is 1.83 bits per heavy atom. The number of benzene rings is 2. The van der Waals surface area contributed by atoms with Gasteiger partial charge in [-0.3, -0.25) is 4.99 Å². The molecular formula is C21H21NO2. The van der Waals surface area contributed by atoms with E-state index in [4.69, 9.17) is 9.15 Å². The van der Waals surface area contributed by atoms with Gasteiger partial charge in [0.15, 0.2) is 5.75 Å². The van der Waals surface area contributed by atoms with Crippen molar-refractivity contribution in [2.75, 3.05) is 0 Å². The Bertz CT molecular complexity index is 819. The normalized spacial score (nSPS) is 11.1. The van der Waals surface area contributed by atoms with Crippen molar-refractivity contribution in [2.24, 2.45) is 4.99 Å². The van der Waals surface area contributed by atoms with Gasteiger partial charge in [0.05, 0.1) is 6.54 Å². The molecule has 122 valence electrons. The highest BCUT2D eigenvalue weighted by Gasteiger charge is 2.03. The lowest BCUT2D eigenvalue weighted by atomic mass is 10.1. The van der Waals surface area contributed by atoms with Crippen LogP contribution in [-0.2, 0) is 13.2 Å². The number of ether oxygens (including phenoxy) is 1. The quantitative estimate of drug-likeness (QED) is 0.593. The predicted molar refractivity (Wildman–Crippen MR) is 96.7 cm³/mol. The zero-order valence-electron chi connectivity index (χ0n) is 14.0. The van der Waals surface area contributed by atoms with Crippen LogP contribution in [0.15, 0.2) is 70.3 Å². The van der Waals surface area contributed by atoms with Crippen molar-refractivity contribution < 1.29 is 9.15 Å². The van der Waals surface area contributed by atoms with Crippen LogP contribution in [0.5, 0.6) is 5.75 Å². The van der Waals surface area contributed by atoms with Crippen LogP contribution < -0.4 is 4.74 Å². The van der Waals surface area contributed by atoms with E-state index in [0.717, 1.165) is 22.6 Å². The van der Waals surface area contributed by atoms with Gasteiger partial charge < -0.3 is 9.15 Å². The maximum atomic E-state index is 5.79. The van der Waals surface area contributed by atoms with Crippen LogP contribution in [0.2, 0.25) is 0 Å². The van der Waals surface area contributed by atoms with Gasteiger partial charge in [0, 0.05) is 12.3 Å². The van der Waals surface area contributed by atoms with Gasteiger partial charge in [0.25, 0.3) is 0 Å². The first-order chi connectivity index (χ1) is 11.7. The van der Waals surface area contributed by atoms with Gasteiger partial charge in [-0.05, 0) is 36.1 Å². The van der Waals surface area contributed by atoms with E-state index in [1.807, 2.05) is 42.6 Å². The molecule has 1 heterocycles. The average Bonchev–Trinajstić information content (AvgIpc) is 3.05. The first kappa shape index (κ1) is 16.1. The molecule has 0 aliphatic rings. The Morgan fingerprint density at radius 3 is 2.62 bits per heavy atom. The number of rotatable bonds is 6. The van der Waals surface area contributed by atoms with Crippen LogP contribution in [0, 0.1) is 13.8 Å². The van der Waals surface area contributed by atoms with Crippen LogP contribution >= 0.6 is 0 Å². The monoisotopic (exact) mass is 319 g/mol. The molecule has 0 amide bonds. The molecule has 3 aromatic rings. The fourth-order valence-electron chi connectivity index (χ4n) is 2.36. The summed E-state index contributed by atoms with van der Waals surface area (Å²) in [6.45, 7) is 5.26. The molecule has 24 heavy (non-hydrogen) atoms. The summed E-state index contributed by atoms with van der Waals surface area (Å²) in [6, 6.07) is 18.3. The molecule has 2 aromatic carbocycles. The number of hydrogen-bond donors (Lipinski definition) is 0. The maximum absolute atomic E-state index is 5.79. The van der Waals surface area contributed by atoms with E-state index in [1.54, 1.807) is 6.26 Å². The summed E-state index contributed by atoms with van der Waals surface area (Å²) >= 11 is 0. The van der Waals surface area contributed by atoms with Crippen LogP contribution in [0.4, 0.5) is 0 Å². The third-order valence-electron chi connectivity index (χ3n) is 3.89. The smallest absolute Gasteiger partial charge is 0.158 e. The van der Waals surface area contributed by atoms with Gasteiger partial charge in [-0.1, -0.05) is 48.5 Å². The molecule has 0 saturated carbocycles. The largest absolute Gasteiger partial charge is 0.486 e. The minimum atomic E-state index is 0.502.